The van der Waals surface area contributed by atoms with Crippen molar-refractivity contribution in [3.63, 3.8) is 0 Å². The maximum absolute atomic E-state index is 11.8. The summed E-state index contributed by atoms with van der Waals surface area (Å²) >= 11 is 3.30. The van der Waals surface area contributed by atoms with Crippen molar-refractivity contribution in [2.45, 2.75) is 6.42 Å². The zero-order chi connectivity index (χ0) is 16.7. The molecule has 0 aliphatic heterocycles. The number of para-hydroxylation sites is 2. The summed E-state index contributed by atoms with van der Waals surface area (Å²) in [6.45, 7) is 0. The van der Waals surface area contributed by atoms with E-state index in [9.17, 15) is 14.7 Å². The first kappa shape index (κ1) is 16.7. The Bertz CT molecular complexity index is 747. The fourth-order valence-corrected chi connectivity index (χ4v) is 2.10. The molecule has 2 rings (SSSR count). The number of benzene rings is 2. The van der Waals surface area contributed by atoms with Crippen LogP contribution in [0.4, 0.5) is 5.69 Å². The zero-order valence-corrected chi connectivity index (χ0v) is 13.6. The second kappa shape index (κ2) is 8.09. The molecule has 0 bridgehead atoms. The second-order valence-electron chi connectivity index (χ2n) is 4.56. The molecule has 2 aromatic rings. The first-order valence-electron chi connectivity index (χ1n) is 6.70. The quantitative estimate of drug-likeness (QED) is 0.426. The van der Waals surface area contributed by atoms with E-state index in [0.29, 0.717) is 11.3 Å². The van der Waals surface area contributed by atoms with Crippen LogP contribution in [0, 0.1) is 0 Å². The Kier molecular flexibility index (Phi) is 5.87. The minimum absolute atomic E-state index is 0.0529. The molecule has 0 radical (unpaired) electrons. The average molecular weight is 376 g/mol. The third kappa shape index (κ3) is 5.23. The van der Waals surface area contributed by atoms with Gasteiger partial charge in [-0.2, -0.15) is 5.10 Å². The van der Waals surface area contributed by atoms with Crippen LogP contribution in [0.5, 0.6) is 5.75 Å². The lowest BCUT2D eigenvalue weighted by molar-refractivity contribution is -0.126. The summed E-state index contributed by atoms with van der Waals surface area (Å²) in [7, 11) is 0. The molecule has 0 fully saturated rings. The average Bonchev–Trinajstić information content (AvgIpc) is 2.51. The number of rotatable bonds is 5. The minimum atomic E-state index is -0.554. The number of nitrogens with one attached hydrogen (secondary N) is 2. The number of phenols is 1. The van der Waals surface area contributed by atoms with Crippen molar-refractivity contribution in [2.24, 2.45) is 5.10 Å². The SMILES string of the molecule is O=C(CC(=O)Nc1ccccc1Br)N/N=C/c1ccccc1O. The second-order valence-corrected chi connectivity index (χ2v) is 5.41. The van der Waals surface area contributed by atoms with Gasteiger partial charge in [0.05, 0.1) is 11.9 Å². The van der Waals surface area contributed by atoms with Gasteiger partial charge in [-0.05, 0) is 40.2 Å². The lowest BCUT2D eigenvalue weighted by Gasteiger charge is -2.06. The van der Waals surface area contributed by atoms with Crippen molar-refractivity contribution in [1.29, 1.82) is 0 Å². The monoisotopic (exact) mass is 375 g/mol. The molecule has 0 heterocycles. The molecule has 0 saturated heterocycles. The number of hydrazone groups is 1. The van der Waals surface area contributed by atoms with Crippen molar-refractivity contribution in [2.75, 3.05) is 5.32 Å². The highest BCUT2D eigenvalue weighted by Gasteiger charge is 2.10. The van der Waals surface area contributed by atoms with Gasteiger partial charge in [0.15, 0.2) is 0 Å². The Labute approximate surface area is 141 Å². The molecule has 23 heavy (non-hydrogen) atoms. The molecule has 118 valence electrons. The normalized spacial score (nSPS) is 10.5. The number of halogens is 1. The van der Waals surface area contributed by atoms with Crippen LogP contribution < -0.4 is 10.7 Å². The number of nitrogens with zero attached hydrogens (tertiary/aromatic N) is 1. The van der Waals surface area contributed by atoms with Gasteiger partial charge < -0.3 is 10.4 Å². The van der Waals surface area contributed by atoms with Crippen molar-refractivity contribution in [3.8, 4) is 5.75 Å². The summed E-state index contributed by atoms with van der Waals surface area (Å²) in [5.74, 6) is -0.953. The number of amides is 2. The summed E-state index contributed by atoms with van der Waals surface area (Å²) in [5.41, 5.74) is 3.29. The molecule has 3 N–H and O–H groups in total. The molecule has 7 heteroatoms. The van der Waals surface area contributed by atoms with Gasteiger partial charge in [-0.3, -0.25) is 9.59 Å². The Morgan fingerprint density at radius 1 is 1.09 bits per heavy atom. The number of hydrogen-bond acceptors (Lipinski definition) is 4. The summed E-state index contributed by atoms with van der Waals surface area (Å²) in [5, 5.41) is 15.9. The molecule has 0 aliphatic rings. The maximum Gasteiger partial charge on any atom is 0.249 e. The van der Waals surface area contributed by atoms with Crippen LogP contribution in [0.3, 0.4) is 0 Å². The van der Waals surface area contributed by atoms with Crippen LogP contribution in [0.25, 0.3) is 0 Å². The molecule has 0 aliphatic carbocycles. The van der Waals surface area contributed by atoms with Crippen LogP contribution in [0.1, 0.15) is 12.0 Å². The molecule has 0 saturated carbocycles. The highest BCUT2D eigenvalue weighted by atomic mass is 79.9. The molecule has 2 aromatic carbocycles. The summed E-state index contributed by atoms with van der Waals surface area (Å²) in [4.78, 5) is 23.4. The van der Waals surface area contributed by atoms with Gasteiger partial charge in [0.2, 0.25) is 11.8 Å². The van der Waals surface area contributed by atoms with Crippen LogP contribution in [0.15, 0.2) is 58.1 Å². The molecular weight excluding hydrogens is 362 g/mol. The highest BCUT2D eigenvalue weighted by Crippen LogP contribution is 2.21. The largest absolute Gasteiger partial charge is 0.507 e. The Hall–Kier alpha value is -2.67. The number of carbonyl (C=O) groups excluding carboxylic acids is 2. The first-order valence-corrected chi connectivity index (χ1v) is 7.50. The predicted molar refractivity (Wildman–Crippen MR) is 91.2 cm³/mol. The standard InChI is InChI=1S/C16H14BrN3O3/c17-12-6-2-3-7-13(12)19-15(22)9-16(23)20-18-10-11-5-1-4-8-14(11)21/h1-8,10,21H,9H2,(H,19,22)(H,20,23)/b18-10+. The molecule has 0 atom stereocenters. The van der Waals surface area contributed by atoms with Gasteiger partial charge in [-0.25, -0.2) is 5.43 Å². The maximum atomic E-state index is 11.8. The smallest absolute Gasteiger partial charge is 0.249 e. The van der Waals surface area contributed by atoms with Crippen molar-refractivity contribution >= 4 is 39.6 Å². The van der Waals surface area contributed by atoms with Gasteiger partial charge in [0.1, 0.15) is 12.2 Å². The summed E-state index contributed by atoms with van der Waals surface area (Å²) in [6.07, 6.45) is 0.943. The lowest BCUT2D eigenvalue weighted by Crippen LogP contribution is -2.24. The van der Waals surface area contributed by atoms with Gasteiger partial charge in [0.25, 0.3) is 0 Å². The number of anilines is 1. The van der Waals surface area contributed by atoms with E-state index in [-0.39, 0.29) is 12.2 Å². The Morgan fingerprint density at radius 2 is 1.78 bits per heavy atom. The van der Waals surface area contributed by atoms with E-state index in [1.807, 2.05) is 6.07 Å². The summed E-state index contributed by atoms with van der Waals surface area (Å²) in [6, 6.07) is 13.7. The molecule has 0 aromatic heterocycles. The summed E-state index contributed by atoms with van der Waals surface area (Å²) < 4.78 is 0.728. The molecule has 2 amide bonds. The minimum Gasteiger partial charge on any atom is -0.507 e. The van der Waals surface area contributed by atoms with Gasteiger partial charge in [-0.1, -0.05) is 24.3 Å². The van der Waals surface area contributed by atoms with Crippen molar-refractivity contribution in [3.05, 3.63) is 58.6 Å². The van der Waals surface area contributed by atoms with E-state index >= 15 is 0 Å². The van der Waals surface area contributed by atoms with Crippen molar-refractivity contribution in [1.82, 2.24) is 5.43 Å². The predicted octanol–water partition coefficient (Wildman–Crippen LogP) is 2.63. The van der Waals surface area contributed by atoms with E-state index < -0.39 is 11.8 Å². The first-order chi connectivity index (χ1) is 11.1. The number of aromatic hydroxyl groups is 1. The van der Waals surface area contributed by atoms with E-state index in [1.165, 1.54) is 12.3 Å². The molecular formula is C16H14BrN3O3. The molecule has 0 spiro atoms. The Balaban J connectivity index is 1.84. The van der Waals surface area contributed by atoms with Gasteiger partial charge >= 0.3 is 0 Å². The fourth-order valence-electron chi connectivity index (χ4n) is 1.71. The zero-order valence-electron chi connectivity index (χ0n) is 12.0. The van der Waals surface area contributed by atoms with Crippen molar-refractivity contribution < 1.29 is 14.7 Å². The molecule has 6 nitrogen and oxygen atoms in total. The lowest BCUT2D eigenvalue weighted by atomic mass is 10.2. The van der Waals surface area contributed by atoms with Gasteiger partial charge in [0, 0.05) is 10.0 Å². The number of hydrogen-bond donors (Lipinski definition) is 3. The van der Waals surface area contributed by atoms with Crippen LogP contribution >= 0.6 is 15.9 Å². The number of carbonyl (C=O) groups is 2. The van der Waals surface area contributed by atoms with Crippen LogP contribution in [-0.4, -0.2) is 23.1 Å². The van der Waals surface area contributed by atoms with Crippen LogP contribution in [0.2, 0.25) is 0 Å². The topological polar surface area (TPSA) is 90.8 Å². The third-order valence-corrected chi connectivity index (χ3v) is 3.49. The van der Waals surface area contributed by atoms with E-state index in [1.54, 1.807) is 36.4 Å². The third-order valence-electron chi connectivity index (χ3n) is 2.80. The fraction of sp³-hybridized carbons (Fsp3) is 0.0625. The van der Waals surface area contributed by atoms with E-state index in [4.69, 9.17) is 0 Å². The molecule has 0 unspecified atom stereocenters. The number of phenolic OH excluding ortho intramolecular Hbond substituents is 1. The van der Waals surface area contributed by atoms with E-state index in [2.05, 4.69) is 31.8 Å². The van der Waals surface area contributed by atoms with Crippen LogP contribution in [-0.2, 0) is 9.59 Å². The van der Waals surface area contributed by atoms with E-state index in [0.717, 1.165) is 4.47 Å². The highest BCUT2D eigenvalue weighted by molar-refractivity contribution is 9.10. The van der Waals surface area contributed by atoms with Gasteiger partial charge in [-0.15, -0.1) is 0 Å². The Morgan fingerprint density at radius 3 is 2.52 bits per heavy atom.